The van der Waals surface area contributed by atoms with Crippen LogP contribution in [0.1, 0.15) is 25.3 Å². The van der Waals surface area contributed by atoms with E-state index in [0.29, 0.717) is 31.6 Å². The smallest absolute Gasteiger partial charge is 0.165 e. The number of benzene rings is 1. The lowest BCUT2D eigenvalue weighted by molar-refractivity contribution is -0.118. The summed E-state index contributed by atoms with van der Waals surface area (Å²) in [5.74, 6) is -0.140. The lowest BCUT2D eigenvalue weighted by atomic mass is 10.1. The lowest BCUT2D eigenvalue weighted by Gasteiger charge is -2.05. The third-order valence-corrected chi connectivity index (χ3v) is 2.57. The van der Waals surface area contributed by atoms with Crippen molar-refractivity contribution in [2.45, 2.75) is 26.2 Å². The second-order valence-corrected chi connectivity index (χ2v) is 3.98. The zero-order valence-corrected chi connectivity index (χ0v) is 10.9. The van der Waals surface area contributed by atoms with Gasteiger partial charge in [0.25, 0.3) is 0 Å². The molecule has 0 spiro atoms. The minimum atomic E-state index is -0.433. The number of carbonyl (C=O) groups is 1. The normalized spacial score (nSPS) is 10.4. The predicted molar refractivity (Wildman–Crippen MR) is 67.4 cm³/mol. The Morgan fingerprint density at radius 3 is 2.78 bits per heavy atom. The van der Waals surface area contributed by atoms with Crippen LogP contribution in [0.2, 0.25) is 0 Å². The van der Waals surface area contributed by atoms with E-state index < -0.39 is 5.82 Å². The molecule has 0 unspecified atom stereocenters. The van der Waals surface area contributed by atoms with Crippen LogP contribution >= 0.6 is 0 Å². The van der Waals surface area contributed by atoms with Gasteiger partial charge in [-0.25, -0.2) is 4.39 Å². The van der Waals surface area contributed by atoms with Gasteiger partial charge in [0.1, 0.15) is 5.78 Å². The third kappa shape index (κ3) is 4.84. The first-order chi connectivity index (χ1) is 8.67. The number of carbonyl (C=O) groups excluding carboxylic acids is 1. The molecule has 0 radical (unpaired) electrons. The van der Waals surface area contributed by atoms with E-state index in [0.717, 1.165) is 0 Å². The topological polar surface area (TPSA) is 35.5 Å². The van der Waals surface area contributed by atoms with Gasteiger partial charge in [-0.15, -0.1) is 0 Å². The first kappa shape index (κ1) is 14.6. The van der Waals surface area contributed by atoms with Crippen LogP contribution in [0.3, 0.4) is 0 Å². The summed E-state index contributed by atoms with van der Waals surface area (Å²) < 4.78 is 23.4. The van der Waals surface area contributed by atoms with Crippen LogP contribution in [0.4, 0.5) is 4.39 Å². The van der Waals surface area contributed by atoms with Gasteiger partial charge in [0.15, 0.2) is 11.6 Å². The summed E-state index contributed by atoms with van der Waals surface area (Å²) >= 11 is 0. The molecule has 0 aliphatic rings. The fraction of sp³-hybridized carbons (Fsp3) is 0.500. The van der Waals surface area contributed by atoms with Crippen molar-refractivity contribution in [3.05, 3.63) is 29.6 Å². The molecule has 1 rings (SSSR count). The van der Waals surface area contributed by atoms with Gasteiger partial charge in [-0.2, -0.15) is 0 Å². The molecule has 0 fully saturated rings. The van der Waals surface area contributed by atoms with Crippen LogP contribution in [0.5, 0.6) is 5.75 Å². The van der Waals surface area contributed by atoms with Crippen molar-refractivity contribution >= 4 is 5.78 Å². The summed E-state index contributed by atoms with van der Waals surface area (Å²) in [7, 11) is 1.41. The van der Waals surface area contributed by atoms with Crippen molar-refractivity contribution in [1.82, 2.24) is 0 Å². The minimum Gasteiger partial charge on any atom is -0.494 e. The Labute approximate surface area is 107 Å². The number of hydrogen-bond acceptors (Lipinski definition) is 3. The maximum atomic E-state index is 13.4. The van der Waals surface area contributed by atoms with Gasteiger partial charge in [-0.3, -0.25) is 4.79 Å². The Kier molecular flexibility index (Phi) is 6.36. The van der Waals surface area contributed by atoms with Crippen molar-refractivity contribution in [2.24, 2.45) is 0 Å². The lowest BCUT2D eigenvalue weighted by Crippen LogP contribution is -2.05. The monoisotopic (exact) mass is 254 g/mol. The zero-order chi connectivity index (χ0) is 13.4. The molecule has 0 bridgehead atoms. The van der Waals surface area contributed by atoms with Crippen molar-refractivity contribution in [3.63, 3.8) is 0 Å². The summed E-state index contributed by atoms with van der Waals surface area (Å²) in [4.78, 5) is 11.6. The molecule has 0 atom stereocenters. The molecule has 0 heterocycles. The highest BCUT2D eigenvalue weighted by Gasteiger charge is 2.07. The molecule has 0 aliphatic heterocycles. The van der Waals surface area contributed by atoms with E-state index in [1.807, 2.05) is 6.92 Å². The number of Topliss-reactive ketones (excluding diaryl/α,β-unsaturated/α-hetero) is 1. The van der Waals surface area contributed by atoms with E-state index in [1.54, 1.807) is 6.07 Å². The number of rotatable bonds is 8. The molecule has 0 amide bonds. The molecule has 1 aromatic rings. The SMILES string of the molecule is CCOCCCC(=O)Cc1ccc(OC)c(F)c1. The highest BCUT2D eigenvalue weighted by molar-refractivity contribution is 5.80. The second kappa shape index (κ2) is 7.82. The summed E-state index contributed by atoms with van der Waals surface area (Å²) in [6.07, 6.45) is 1.44. The van der Waals surface area contributed by atoms with Gasteiger partial charge in [-0.05, 0) is 31.0 Å². The van der Waals surface area contributed by atoms with E-state index in [2.05, 4.69) is 0 Å². The van der Waals surface area contributed by atoms with Gasteiger partial charge in [-0.1, -0.05) is 6.07 Å². The minimum absolute atomic E-state index is 0.0965. The molecule has 0 N–H and O–H groups in total. The zero-order valence-electron chi connectivity index (χ0n) is 10.9. The summed E-state index contributed by atoms with van der Waals surface area (Å²) in [6.45, 7) is 3.18. The van der Waals surface area contributed by atoms with Gasteiger partial charge in [0.05, 0.1) is 7.11 Å². The Balaban J connectivity index is 2.42. The standard InChI is InChI=1S/C14H19FO3/c1-3-18-8-4-5-12(16)9-11-6-7-14(17-2)13(15)10-11/h6-7,10H,3-5,8-9H2,1-2H3. The molecule has 18 heavy (non-hydrogen) atoms. The van der Waals surface area contributed by atoms with E-state index in [1.165, 1.54) is 19.2 Å². The predicted octanol–water partition coefficient (Wildman–Crippen LogP) is 2.76. The maximum Gasteiger partial charge on any atom is 0.165 e. The van der Waals surface area contributed by atoms with E-state index >= 15 is 0 Å². The molecule has 0 aromatic heterocycles. The Bertz CT molecular complexity index is 391. The van der Waals surface area contributed by atoms with Crippen molar-refractivity contribution in [2.75, 3.05) is 20.3 Å². The van der Waals surface area contributed by atoms with Crippen LogP contribution in [-0.4, -0.2) is 26.1 Å². The Morgan fingerprint density at radius 2 is 2.17 bits per heavy atom. The molecule has 100 valence electrons. The van der Waals surface area contributed by atoms with Crippen LogP contribution < -0.4 is 4.74 Å². The van der Waals surface area contributed by atoms with Crippen molar-refractivity contribution < 1.29 is 18.7 Å². The second-order valence-electron chi connectivity index (χ2n) is 3.98. The maximum absolute atomic E-state index is 13.4. The Hall–Kier alpha value is -1.42. The largest absolute Gasteiger partial charge is 0.494 e. The average Bonchev–Trinajstić information content (AvgIpc) is 2.35. The van der Waals surface area contributed by atoms with Crippen LogP contribution in [0.15, 0.2) is 18.2 Å². The highest BCUT2D eigenvalue weighted by atomic mass is 19.1. The van der Waals surface area contributed by atoms with Gasteiger partial charge >= 0.3 is 0 Å². The number of hydrogen-bond donors (Lipinski definition) is 0. The first-order valence-electron chi connectivity index (χ1n) is 6.09. The summed E-state index contributed by atoms with van der Waals surface area (Å²) in [5.41, 5.74) is 0.676. The van der Waals surface area contributed by atoms with Crippen molar-refractivity contribution in [1.29, 1.82) is 0 Å². The van der Waals surface area contributed by atoms with Gasteiger partial charge in [0.2, 0.25) is 0 Å². The molecule has 3 nitrogen and oxygen atoms in total. The number of ether oxygens (including phenoxy) is 2. The highest BCUT2D eigenvalue weighted by Crippen LogP contribution is 2.18. The summed E-state index contributed by atoms with van der Waals surface area (Å²) in [5, 5.41) is 0. The molecular weight excluding hydrogens is 235 g/mol. The number of methoxy groups -OCH3 is 1. The quantitative estimate of drug-likeness (QED) is 0.669. The number of ketones is 1. The molecule has 4 heteroatoms. The van der Waals surface area contributed by atoms with Crippen LogP contribution in [0, 0.1) is 5.82 Å². The molecule has 0 saturated heterocycles. The first-order valence-corrected chi connectivity index (χ1v) is 6.09. The fourth-order valence-electron chi connectivity index (χ4n) is 1.65. The van der Waals surface area contributed by atoms with E-state index in [4.69, 9.17) is 9.47 Å². The van der Waals surface area contributed by atoms with Gasteiger partial charge in [0, 0.05) is 26.1 Å². The molecule has 1 aromatic carbocycles. The van der Waals surface area contributed by atoms with Crippen LogP contribution in [0.25, 0.3) is 0 Å². The Morgan fingerprint density at radius 1 is 1.39 bits per heavy atom. The molecule has 0 aliphatic carbocycles. The summed E-state index contributed by atoms with van der Waals surface area (Å²) in [6, 6.07) is 4.60. The average molecular weight is 254 g/mol. The van der Waals surface area contributed by atoms with E-state index in [9.17, 15) is 9.18 Å². The van der Waals surface area contributed by atoms with Crippen molar-refractivity contribution in [3.8, 4) is 5.75 Å². The molecular formula is C14H19FO3. The number of halogens is 1. The van der Waals surface area contributed by atoms with Gasteiger partial charge < -0.3 is 9.47 Å². The van der Waals surface area contributed by atoms with Crippen LogP contribution in [-0.2, 0) is 16.0 Å². The molecule has 0 saturated carbocycles. The van der Waals surface area contributed by atoms with E-state index in [-0.39, 0.29) is 18.0 Å². The fourth-order valence-corrected chi connectivity index (χ4v) is 1.65. The third-order valence-electron chi connectivity index (χ3n) is 2.57.